The first kappa shape index (κ1) is 16.9. The first-order chi connectivity index (χ1) is 12.7. The van der Waals surface area contributed by atoms with Crippen LogP contribution in [-0.2, 0) is 4.79 Å². The summed E-state index contributed by atoms with van der Waals surface area (Å²) >= 11 is 4.56. The highest BCUT2D eigenvalue weighted by Crippen LogP contribution is 2.29. The van der Waals surface area contributed by atoms with E-state index in [1.54, 1.807) is 0 Å². The van der Waals surface area contributed by atoms with Crippen LogP contribution in [0.4, 0.5) is 5.69 Å². The Bertz CT molecular complexity index is 1060. The molecule has 0 radical (unpaired) electrons. The van der Waals surface area contributed by atoms with Gasteiger partial charge in [0.2, 0.25) is 5.91 Å². The van der Waals surface area contributed by atoms with Gasteiger partial charge >= 0.3 is 0 Å². The molecule has 0 saturated carbocycles. The molecule has 4 rings (SSSR count). The van der Waals surface area contributed by atoms with Crippen LogP contribution < -0.4 is 5.32 Å². The Hall–Kier alpha value is -2.58. The number of H-pyrrole nitrogens is 1. The van der Waals surface area contributed by atoms with Gasteiger partial charge in [0.1, 0.15) is 0 Å². The summed E-state index contributed by atoms with van der Waals surface area (Å²) in [6.07, 6.45) is 1.84. The number of aromatic amines is 1. The van der Waals surface area contributed by atoms with Gasteiger partial charge in [0.05, 0.1) is 11.3 Å². The van der Waals surface area contributed by atoms with E-state index in [0.717, 1.165) is 26.6 Å². The van der Waals surface area contributed by atoms with Gasteiger partial charge in [-0.3, -0.25) is 4.79 Å². The summed E-state index contributed by atoms with van der Waals surface area (Å²) in [6, 6.07) is 15.3. The zero-order chi connectivity index (χ0) is 17.9. The van der Waals surface area contributed by atoms with E-state index in [1.165, 1.54) is 11.8 Å². The maximum absolute atomic E-state index is 12.0. The molecule has 0 aliphatic carbocycles. The lowest BCUT2D eigenvalue weighted by Crippen LogP contribution is -2.13. The van der Waals surface area contributed by atoms with E-state index in [-0.39, 0.29) is 11.7 Å². The molecule has 0 unspecified atom stereocenters. The molecule has 2 aromatic heterocycles. The predicted molar refractivity (Wildman–Crippen MR) is 105 cm³/mol. The van der Waals surface area contributed by atoms with Gasteiger partial charge in [-0.05, 0) is 30.3 Å². The van der Waals surface area contributed by atoms with Crippen LogP contribution in [-0.4, -0.2) is 26.8 Å². The van der Waals surface area contributed by atoms with E-state index in [1.807, 2.05) is 54.7 Å². The normalized spacial score (nSPS) is 11.0. The zero-order valence-corrected chi connectivity index (χ0v) is 15.8. The molecule has 4 aromatic rings. The third kappa shape index (κ3) is 3.66. The van der Waals surface area contributed by atoms with Gasteiger partial charge in [0.15, 0.2) is 0 Å². The molecule has 1 amide bonds. The molecular formula is C18H13BrN4O2S. The van der Waals surface area contributed by atoms with Gasteiger partial charge in [0.25, 0.3) is 11.1 Å². The first-order valence-electron chi connectivity index (χ1n) is 7.77. The maximum Gasteiger partial charge on any atom is 0.277 e. The van der Waals surface area contributed by atoms with Gasteiger partial charge < -0.3 is 14.7 Å². The average Bonchev–Trinajstić information content (AvgIpc) is 3.28. The molecule has 130 valence electrons. The summed E-state index contributed by atoms with van der Waals surface area (Å²) in [7, 11) is 0. The third-order valence-corrected chi connectivity index (χ3v) is 5.03. The number of benzene rings is 2. The Morgan fingerprint density at radius 3 is 2.81 bits per heavy atom. The Labute approximate surface area is 161 Å². The van der Waals surface area contributed by atoms with E-state index in [2.05, 4.69) is 36.4 Å². The van der Waals surface area contributed by atoms with E-state index in [4.69, 9.17) is 4.42 Å². The van der Waals surface area contributed by atoms with Crippen molar-refractivity contribution in [3.63, 3.8) is 0 Å². The number of nitrogens with zero attached hydrogens (tertiary/aromatic N) is 2. The molecule has 0 aliphatic heterocycles. The highest BCUT2D eigenvalue weighted by Gasteiger charge is 2.14. The highest BCUT2D eigenvalue weighted by molar-refractivity contribution is 9.10. The van der Waals surface area contributed by atoms with Crippen molar-refractivity contribution < 1.29 is 9.21 Å². The fourth-order valence-corrected chi connectivity index (χ4v) is 3.31. The van der Waals surface area contributed by atoms with Crippen molar-refractivity contribution in [1.29, 1.82) is 0 Å². The molecule has 8 heteroatoms. The van der Waals surface area contributed by atoms with Crippen LogP contribution in [0, 0.1) is 0 Å². The lowest BCUT2D eigenvalue weighted by Gasteiger charge is -2.03. The minimum atomic E-state index is -0.135. The van der Waals surface area contributed by atoms with E-state index < -0.39 is 0 Å². The van der Waals surface area contributed by atoms with Gasteiger partial charge in [-0.1, -0.05) is 45.9 Å². The fraction of sp³-hybridized carbons (Fsp3) is 0.0556. The Balaban J connectivity index is 1.40. The number of nitrogens with one attached hydrogen (secondary N) is 2. The molecule has 0 saturated heterocycles. The minimum Gasteiger partial charge on any atom is -0.411 e. The number of hydrogen-bond donors (Lipinski definition) is 2. The smallest absolute Gasteiger partial charge is 0.277 e. The van der Waals surface area contributed by atoms with E-state index in [9.17, 15) is 4.79 Å². The van der Waals surface area contributed by atoms with Crippen molar-refractivity contribution in [3.05, 3.63) is 59.2 Å². The molecule has 0 spiro atoms. The van der Waals surface area contributed by atoms with Crippen molar-refractivity contribution in [1.82, 2.24) is 15.2 Å². The number of amides is 1. The van der Waals surface area contributed by atoms with Crippen LogP contribution in [0.3, 0.4) is 0 Å². The second kappa shape index (κ2) is 7.35. The number of anilines is 1. The van der Waals surface area contributed by atoms with Crippen LogP contribution in [0.5, 0.6) is 0 Å². The lowest BCUT2D eigenvalue weighted by molar-refractivity contribution is -0.113. The molecular weight excluding hydrogens is 416 g/mol. The van der Waals surface area contributed by atoms with E-state index in [0.29, 0.717) is 11.1 Å². The summed E-state index contributed by atoms with van der Waals surface area (Å²) in [5, 5.41) is 12.3. The van der Waals surface area contributed by atoms with Gasteiger partial charge in [0, 0.05) is 27.3 Å². The SMILES string of the molecule is O=C(CSc1nnc(-c2c[nH]c3ccccc23)o1)Nc1ccc(Br)cc1. The number of aromatic nitrogens is 3. The molecule has 2 aromatic carbocycles. The summed E-state index contributed by atoms with van der Waals surface area (Å²) in [4.78, 5) is 15.2. The van der Waals surface area contributed by atoms with Crippen LogP contribution >= 0.6 is 27.7 Å². The monoisotopic (exact) mass is 428 g/mol. The standard InChI is InChI=1S/C18H13BrN4O2S/c19-11-5-7-12(8-6-11)21-16(24)10-26-18-23-22-17(25-18)14-9-20-15-4-2-1-3-13(14)15/h1-9,20H,10H2,(H,21,24). The lowest BCUT2D eigenvalue weighted by atomic mass is 10.2. The quantitative estimate of drug-likeness (QED) is 0.449. The van der Waals surface area contributed by atoms with Crippen molar-refractivity contribution in [3.8, 4) is 11.5 Å². The first-order valence-corrected chi connectivity index (χ1v) is 9.55. The third-order valence-electron chi connectivity index (χ3n) is 3.68. The summed E-state index contributed by atoms with van der Waals surface area (Å²) in [5.41, 5.74) is 2.59. The Morgan fingerprint density at radius 1 is 1.15 bits per heavy atom. The number of fused-ring (bicyclic) bond motifs is 1. The van der Waals surface area contributed by atoms with Crippen LogP contribution in [0.25, 0.3) is 22.4 Å². The van der Waals surface area contributed by atoms with Crippen molar-refractivity contribution in [2.75, 3.05) is 11.1 Å². The number of para-hydroxylation sites is 1. The molecule has 6 nitrogen and oxygen atoms in total. The Kier molecular flexibility index (Phi) is 4.77. The molecule has 0 aliphatic rings. The molecule has 2 heterocycles. The Morgan fingerprint density at radius 2 is 1.96 bits per heavy atom. The van der Waals surface area contributed by atoms with Crippen LogP contribution in [0.1, 0.15) is 0 Å². The van der Waals surface area contributed by atoms with Crippen LogP contribution in [0.2, 0.25) is 0 Å². The highest BCUT2D eigenvalue weighted by atomic mass is 79.9. The van der Waals surface area contributed by atoms with Crippen molar-refractivity contribution >= 4 is 50.2 Å². The molecule has 0 fully saturated rings. The summed E-state index contributed by atoms with van der Waals surface area (Å²) in [6.45, 7) is 0. The predicted octanol–water partition coefficient (Wildman–Crippen LogP) is 4.71. The fourth-order valence-electron chi connectivity index (χ4n) is 2.48. The molecule has 0 bridgehead atoms. The molecule has 26 heavy (non-hydrogen) atoms. The molecule has 0 atom stereocenters. The number of rotatable bonds is 5. The van der Waals surface area contributed by atoms with Crippen LogP contribution in [0.15, 0.2) is 68.8 Å². The summed E-state index contributed by atoms with van der Waals surface area (Å²) < 4.78 is 6.65. The van der Waals surface area contributed by atoms with Gasteiger partial charge in [-0.25, -0.2) is 0 Å². The topological polar surface area (TPSA) is 83.8 Å². The van der Waals surface area contributed by atoms with Crippen molar-refractivity contribution in [2.24, 2.45) is 0 Å². The number of hydrogen-bond acceptors (Lipinski definition) is 5. The summed E-state index contributed by atoms with van der Waals surface area (Å²) in [5.74, 6) is 0.480. The second-order valence-corrected chi connectivity index (χ2v) is 7.31. The number of carbonyl (C=O) groups excluding carboxylic acids is 1. The van der Waals surface area contributed by atoms with Gasteiger partial charge in [-0.2, -0.15) is 0 Å². The molecule has 2 N–H and O–H groups in total. The maximum atomic E-state index is 12.0. The number of thioether (sulfide) groups is 1. The van der Waals surface area contributed by atoms with E-state index >= 15 is 0 Å². The average molecular weight is 429 g/mol. The number of halogens is 1. The zero-order valence-electron chi connectivity index (χ0n) is 13.4. The largest absolute Gasteiger partial charge is 0.411 e. The second-order valence-electron chi connectivity index (χ2n) is 5.46. The van der Waals surface area contributed by atoms with Gasteiger partial charge in [-0.15, -0.1) is 10.2 Å². The number of carbonyl (C=O) groups is 1. The minimum absolute atomic E-state index is 0.135. The van der Waals surface area contributed by atoms with Crippen molar-refractivity contribution in [2.45, 2.75) is 5.22 Å².